The minimum atomic E-state index is -0.142. The molecule has 9 nitrogen and oxygen atoms in total. The Balaban J connectivity index is 0.000000263. The van der Waals surface area contributed by atoms with E-state index in [4.69, 9.17) is 0 Å². The third-order valence-corrected chi connectivity index (χ3v) is 6.94. The van der Waals surface area contributed by atoms with Gasteiger partial charge in [-0.05, 0) is 65.7 Å². The van der Waals surface area contributed by atoms with Crippen LogP contribution in [0.1, 0.15) is 86.5 Å². The fourth-order valence-electron chi connectivity index (χ4n) is 4.89. The number of carbonyl (C=O) groups excluding carboxylic acids is 6. The van der Waals surface area contributed by atoms with Crippen LogP contribution in [0.5, 0.6) is 0 Å². The maximum absolute atomic E-state index is 11.1. The number of ketones is 3. The number of amides is 3. The van der Waals surface area contributed by atoms with Crippen LogP contribution >= 0.6 is 0 Å². The Morgan fingerprint density at radius 2 is 0.971 bits per heavy atom. The molecule has 0 aromatic rings. The predicted molar refractivity (Wildman–Crippen MR) is 132 cm³/mol. The van der Waals surface area contributed by atoms with Crippen molar-refractivity contribution in [1.82, 2.24) is 14.7 Å². The van der Waals surface area contributed by atoms with E-state index in [-0.39, 0.29) is 53.1 Å². The number of carbonyl (C=O) groups is 6. The molecule has 3 unspecified atom stereocenters. The molecule has 9 heteroatoms. The highest BCUT2D eigenvalue weighted by Crippen LogP contribution is 2.19. The molecule has 3 rings (SSSR count). The van der Waals surface area contributed by atoms with E-state index in [1.54, 1.807) is 42.4 Å². The quantitative estimate of drug-likeness (QED) is 0.597. The van der Waals surface area contributed by atoms with Crippen LogP contribution in [0.2, 0.25) is 0 Å². The molecule has 0 aliphatic carbocycles. The number of hydrogen-bond acceptors (Lipinski definition) is 6. The third-order valence-electron chi connectivity index (χ3n) is 6.94. The van der Waals surface area contributed by atoms with Crippen LogP contribution in [0.3, 0.4) is 0 Å². The summed E-state index contributed by atoms with van der Waals surface area (Å²) in [4.78, 5) is 71.2. The maximum Gasteiger partial charge on any atom is 0.220 e. The lowest BCUT2D eigenvalue weighted by Gasteiger charge is -2.33. The van der Waals surface area contributed by atoms with Gasteiger partial charge in [-0.2, -0.15) is 0 Å². The second kappa shape index (κ2) is 14.7. The predicted octanol–water partition coefficient (Wildman–Crippen LogP) is 2.40. The molecule has 3 amide bonds. The summed E-state index contributed by atoms with van der Waals surface area (Å²) in [6.45, 7) is 12.3. The first-order valence-electron chi connectivity index (χ1n) is 12.7. The van der Waals surface area contributed by atoms with Gasteiger partial charge in [0.05, 0.1) is 12.1 Å². The summed E-state index contributed by atoms with van der Waals surface area (Å²) < 4.78 is 0. The maximum atomic E-state index is 11.1. The van der Waals surface area contributed by atoms with Crippen LogP contribution in [-0.4, -0.2) is 88.0 Å². The highest BCUT2D eigenvalue weighted by molar-refractivity contribution is 5.87. The lowest BCUT2D eigenvalue weighted by Crippen LogP contribution is -2.46. The highest BCUT2D eigenvalue weighted by Gasteiger charge is 2.29. The van der Waals surface area contributed by atoms with Crippen molar-refractivity contribution in [3.63, 3.8) is 0 Å². The largest absolute Gasteiger partial charge is 0.342 e. The Bertz CT molecular complexity index is 734. The molecule has 0 bridgehead atoms. The first kappa shape index (κ1) is 30.5. The van der Waals surface area contributed by atoms with Crippen LogP contribution in [0.25, 0.3) is 0 Å². The van der Waals surface area contributed by atoms with Crippen molar-refractivity contribution in [2.45, 2.75) is 98.6 Å². The highest BCUT2D eigenvalue weighted by atomic mass is 16.2. The molecular weight excluding hydrogens is 450 g/mol. The molecule has 0 aromatic heterocycles. The second-order valence-corrected chi connectivity index (χ2v) is 9.73. The van der Waals surface area contributed by atoms with E-state index < -0.39 is 0 Å². The van der Waals surface area contributed by atoms with Crippen molar-refractivity contribution in [2.75, 3.05) is 26.2 Å². The van der Waals surface area contributed by atoms with E-state index in [0.717, 1.165) is 64.6 Å². The first-order valence-corrected chi connectivity index (χ1v) is 12.7. The van der Waals surface area contributed by atoms with E-state index in [1.165, 1.54) is 13.8 Å². The van der Waals surface area contributed by atoms with Gasteiger partial charge in [-0.3, -0.25) is 28.8 Å². The number of likely N-dealkylation sites (tertiary alicyclic amines) is 3. The molecule has 3 aliphatic rings. The Morgan fingerprint density at radius 1 is 0.514 bits per heavy atom. The fourth-order valence-corrected chi connectivity index (χ4v) is 4.89. The van der Waals surface area contributed by atoms with E-state index in [0.29, 0.717) is 6.54 Å². The van der Waals surface area contributed by atoms with Gasteiger partial charge in [0, 0.05) is 52.9 Å². The van der Waals surface area contributed by atoms with Crippen LogP contribution in [-0.2, 0) is 28.8 Å². The summed E-state index contributed by atoms with van der Waals surface area (Å²) in [6, 6.07) is -0.274. The van der Waals surface area contributed by atoms with Gasteiger partial charge in [0.1, 0.15) is 5.78 Å². The number of Topliss-reactive ketones (excluding diaryl/α,β-unsaturated/α-hetero) is 3. The van der Waals surface area contributed by atoms with Gasteiger partial charge >= 0.3 is 0 Å². The van der Waals surface area contributed by atoms with Gasteiger partial charge in [-0.15, -0.1) is 0 Å². The SMILES string of the molecule is CC(=O)C1CCCCN1C(C)=O.CC(=O)C1CCCN(C(C)=O)C1.CC(=O)C1CCCN1C(C)=O. The summed E-state index contributed by atoms with van der Waals surface area (Å²) in [5, 5.41) is 0. The molecule has 0 N–H and O–H groups in total. The minimum absolute atomic E-state index is 0.0164. The molecule has 198 valence electrons. The van der Waals surface area contributed by atoms with Crippen LogP contribution in [0.4, 0.5) is 0 Å². The van der Waals surface area contributed by atoms with Gasteiger partial charge in [0.2, 0.25) is 17.7 Å². The molecule has 0 radical (unpaired) electrons. The van der Waals surface area contributed by atoms with Crippen LogP contribution < -0.4 is 0 Å². The summed E-state index contributed by atoms with van der Waals surface area (Å²) in [6.07, 6.45) is 6.65. The molecule has 0 saturated carbocycles. The summed E-state index contributed by atoms with van der Waals surface area (Å²) >= 11 is 0. The molecule has 3 aliphatic heterocycles. The Labute approximate surface area is 209 Å². The van der Waals surface area contributed by atoms with Crippen molar-refractivity contribution in [3.05, 3.63) is 0 Å². The minimum Gasteiger partial charge on any atom is -0.342 e. The van der Waals surface area contributed by atoms with Crippen molar-refractivity contribution >= 4 is 35.1 Å². The zero-order valence-corrected chi connectivity index (χ0v) is 22.3. The number of nitrogens with zero attached hydrogens (tertiary/aromatic N) is 3. The normalized spacial score (nSPS) is 23.8. The van der Waals surface area contributed by atoms with Gasteiger partial charge in [-0.1, -0.05) is 0 Å². The number of hydrogen-bond donors (Lipinski definition) is 0. The molecule has 3 atom stereocenters. The van der Waals surface area contributed by atoms with E-state index in [2.05, 4.69) is 0 Å². The summed E-state index contributed by atoms with van der Waals surface area (Å²) in [7, 11) is 0. The topological polar surface area (TPSA) is 112 Å². The molecule has 3 fully saturated rings. The molecule has 0 aromatic carbocycles. The molecule has 3 heterocycles. The van der Waals surface area contributed by atoms with Crippen molar-refractivity contribution in [1.29, 1.82) is 0 Å². The van der Waals surface area contributed by atoms with E-state index >= 15 is 0 Å². The van der Waals surface area contributed by atoms with E-state index in [9.17, 15) is 28.8 Å². The summed E-state index contributed by atoms with van der Waals surface area (Å²) in [5.41, 5.74) is 0. The van der Waals surface area contributed by atoms with E-state index in [1.807, 2.05) is 0 Å². The van der Waals surface area contributed by atoms with Crippen molar-refractivity contribution in [3.8, 4) is 0 Å². The zero-order valence-electron chi connectivity index (χ0n) is 22.3. The van der Waals surface area contributed by atoms with Gasteiger partial charge in [-0.25, -0.2) is 0 Å². The third kappa shape index (κ3) is 9.90. The molecule has 0 spiro atoms. The van der Waals surface area contributed by atoms with Gasteiger partial charge in [0.15, 0.2) is 11.6 Å². The average Bonchev–Trinajstić information content (AvgIpc) is 3.31. The fraction of sp³-hybridized carbons (Fsp3) is 0.769. The molecule has 35 heavy (non-hydrogen) atoms. The Hall–Kier alpha value is -2.58. The first-order chi connectivity index (χ1) is 16.4. The lowest BCUT2D eigenvalue weighted by atomic mass is 9.95. The molecule has 3 saturated heterocycles. The van der Waals surface area contributed by atoms with Gasteiger partial charge in [0.25, 0.3) is 0 Å². The van der Waals surface area contributed by atoms with Crippen molar-refractivity contribution < 1.29 is 28.8 Å². The average molecular weight is 494 g/mol. The lowest BCUT2D eigenvalue weighted by molar-refractivity contribution is -0.138. The smallest absolute Gasteiger partial charge is 0.220 e. The zero-order chi connectivity index (χ0) is 26.7. The van der Waals surface area contributed by atoms with Crippen molar-refractivity contribution in [2.24, 2.45) is 5.92 Å². The Kier molecular flexibility index (Phi) is 12.8. The standard InChI is InChI=1S/2C9H15NO2.C8H13NO2/c1-7(11)9-4-3-5-10(6-9)8(2)12;1-7(11)9-5-3-4-6-10(9)8(2)12;1-6(10)8-4-3-5-9(8)7(2)11/h2*9H,3-6H2,1-2H3;8H,3-5H2,1-2H3. The second-order valence-electron chi connectivity index (χ2n) is 9.73. The monoisotopic (exact) mass is 493 g/mol. The molecular formula is C26H43N3O6. The van der Waals surface area contributed by atoms with Gasteiger partial charge < -0.3 is 14.7 Å². The summed E-state index contributed by atoms with van der Waals surface area (Å²) in [5.74, 6) is 0.643. The van der Waals surface area contributed by atoms with Crippen LogP contribution in [0, 0.1) is 5.92 Å². The van der Waals surface area contributed by atoms with Crippen LogP contribution in [0.15, 0.2) is 0 Å². The number of rotatable bonds is 3. The number of piperidine rings is 2. The Morgan fingerprint density at radius 3 is 1.37 bits per heavy atom.